The summed E-state index contributed by atoms with van der Waals surface area (Å²) in [5, 5.41) is 5.49. The highest BCUT2D eigenvalue weighted by atomic mass is 32.2. The molecule has 6 rings (SSSR count). The van der Waals surface area contributed by atoms with E-state index in [1.807, 2.05) is 66.7 Å². The highest BCUT2D eigenvalue weighted by Crippen LogP contribution is 2.27. The quantitative estimate of drug-likeness (QED) is 0.243. The van der Waals surface area contributed by atoms with Crippen molar-refractivity contribution >= 4 is 34.9 Å². The third-order valence-corrected chi connectivity index (χ3v) is 7.97. The summed E-state index contributed by atoms with van der Waals surface area (Å²) in [5.41, 5.74) is 3.60. The molecule has 0 unspecified atom stereocenters. The second-order valence-electron chi connectivity index (χ2n) is 10.1. The highest BCUT2D eigenvalue weighted by molar-refractivity contribution is 8.18. The summed E-state index contributed by atoms with van der Waals surface area (Å²) in [6.45, 7) is 3.34. The van der Waals surface area contributed by atoms with Crippen molar-refractivity contribution in [2.24, 2.45) is 5.92 Å². The number of benzene rings is 2. The van der Waals surface area contributed by atoms with Crippen LogP contribution in [-0.4, -0.2) is 45.7 Å². The van der Waals surface area contributed by atoms with E-state index in [1.165, 1.54) is 0 Å². The van der Waals surface area contributed by atoms with Crippen LogP contribution in [0.3, 0.4) is 0 Å². The Morgan fingerprint density at radius 2 is 1.71 bits per heavy atom. The van der Waals surface area contributed by atoms with Crippen molar-refractivity contribution in [3.63, 3.8) is 0 Å². The number of piperidine rings is 1. The Morgan fingerprint density at radius 3 is 2.48 bits per heavy atom. The number of nitrogens with one attached hydrogen (secondary N) is 2. The number of para-hydroxylation sites is 1. The smallest absolute Gasteiger partial charge is 0.290 e. The first kappa shape index (κ1) is 27.6. The molecule has 2 aliphatic rings. The van der Waals surface area contributed by atoms with Gasteiger partial charge in [0, 0.05) is 31.4 Å². The van der Waals surface area contributed by atoms with Crippen LogP contribution >= 0.6 is 11.8 Å². The van der Waals surface area contributed by atoms with E-state index in [4.69, 9.17) is 9.72 Å². The Hall–Kier alpha value is -4.54. The Bertz CT molecular complexity index is 1590. The topological polar surface area (TPSA) is 109 Å². The Kier molecular flexibility index (Phi) is 8.53. The number of imide groups is 1. The van der Waals surface area contributed by atoms with Gasteiger partial charge in [-0.2, -0.15) is 0 Å². The molecule has 0 saturated carbocycles. The summed E-state index contributed by atoms with van der Waals surface area (Å²) in [5.74, 6) is 2.42. The number of carbonyl (C=O) groups excluding carboxylic acids is 2. The number of aromatic nitrogens is 3. The molecule has 2 aromatic carbocycles. The number of thioether (sulfide) groups is 1. The molecule has 2 N–H and O–H groups in total. The Balaban J connectivity index is 0.976. The molecule has 0 aliphatic carbocycles. The lowest BCUT2D eigenvalue weighted by molar-refractivity contribution is -0.115. The van der Waals surface area contributed by atoms with Crippen molar-refractivity contribution in [2.45, 2.75) is 19.4 Å². The minimum Gasteiger partial charge on any atom is -0.457 e. The van der Waals surface area contributed by atoms with Crippen LogP contribution < -0.4 is 20.3 Å². The Labute approximate surface area is 248 Å². The lowest BCUT2D eigenvalue weighted by atomic mass is 9.97. The molecule has 42 heavy (non-hydrogen) atoms. The second-order valence-corrected chi connectivity index (χ2v) is 11.2. The molecule has 10 heteroatoms. The average molecular weight is 579 g/mol. The fraction of sp³-hybridized carbons (Fsp3) is 0.219. The van der Waals surface area contributed by atoms with Crippen molar-refractivity contribution in [3.8, 4) is 22.8 Å². The van der Waals surface area contributed by atoms with Gasteiger partial charge in [0.25, 0.3) is 11.1 Å². The van der Waals surface area contributed by atoms with Crippen molar-refractivity contribution in [3.05, 3.63) is 101 Å². The normalized spacial score (nSPS) is 16.6. The maximum atomic E-state index is 11.8. The minimum atomic E-state index is -0.385. The van der Waals surface area contributed by atoms with Gasteiger partial charge in [0.1, 0.15) is 11.5 Å². The molecule has 0 spiro atoms. The van der Waals surface area contributed by atoms with Crippen LogP contribution in [0.25, 0.3) is 17.3 Å². The zero-order chi connectivity index (χ0) is 28.7. The van der Waals surface area contributed by atoms with E-state index in [0.29, 0.717) is 29.0 Å². The van der Waals surface area contributed by atoms with Crippen LogP contribution in [0.2, 0.25) is 0 Å². The molecular weight excluding hydrogens is 548 g/mol. The van der Waals surface area contributed by atoms with Crippen LogP contribution in [0, 0.1) is 5.92 Å². The number of ether oxygens (including phenoxy) is 1. The first-order chi connectivity index (χ1) is 20.6. The molecule has 2 amide bonds. The molecular formula is C32H30N6O3S. The van der Waals surface area contributed by atoms with E-state index in [-0.39, 0.29) is 11.1 Å². The zero-order valence-electron chi connectivity index (χ0n) is 22.9. The third kappa shape index (κ3) is 7.02. The maximum absolute atomic E-state index is 11.8. The molecule has 9 nitrogen and oxygen atoms in total. The van der Waals surface area contributed by atoms with Gasteiger partial charge < -0.3 is 15.0 Å². The highest BCUT2D eigenvalue weighted by Gasteiger charge is 2.25. The van der Waals surface area contributed by atoms with Crippen LogP contribution in [0.5, 0.6) is 11.5 Å². The molecule has 2 aromatic heterocycles. The minimum absolute atomic E-state index is 0.348. The summed E-state index contributed by atoms with van der Waals surface area (Å²) in [4.78, 5) is 39.7. The SMILES string of the molecule is O=C1NC(=O)C(=Cc2ccnc(N3CCC(CNCc4cccc(-c5ccc(Oc6ccccc6)cc5)n4)CC3)n2)S1. The van der Waals surface area contributed by atoms with E-state index in [2.05, 4.69) is 31.6 Å². The summed E-state index contributed by atoms with van der Waals surface area (Å²) in [6, 6.07) is 25.6. The summed E-state index contributed by atoms with van der Waals surface area (Å²) in [7, 11) is 0. The van der Waals surface area contributed by atoms with E-state index in [0.717, 1.165) is 72.7 Å². The maximum Gasteiger partial charge on any atom is 0.290 e. The molecule has 212 valence electrons. The summed E-state index contributed by atoms with van der Waals surface area (Å²) >= 11 is 0.888. The van der Waals surface area contributed by atoms with Crippen molar-refractivity contribution < 1.29 is 14.3 Å². The van der Waals surface area contributed by atoms with Gasteiger partial charge in [-0.25, -0.2) is 9.97 Å². The Morgan fingerprint density at radius 1 is 0.929 bits per heavy atom. The van der Waals surface area contributed by atoms with Crippen molar-refractivity contribution in [1.82, 2.24) is 25.6 Å². The molecule has 2 fully saturated rings. The third-order valence-electron chi connectivity index (χ3n) is 7.16. The predicted molar refractivity (Wildman–Crippen MR) is 164 cm³/mol. The number of rotatable bonds is 9. The van der Waals surface area contributed by atoms with Gasteiger partial charge >= 0.3 is 0 Å². The fourth-order valence-corrected chi connectivity index (χ4v) is 5.62. The lowest BCUT2D eigenvalue weighted by Gasteiger charge is -2.32. The van der Waals surface area contributed by atoms with Crippen LogP contribution in [0.1, 0.15) is 24.2 Å². The number of pyridine rings is 1. The number of amides is 2. The first-order valence-electron chi connectivity index (χ1n) is 13.9. The zero-order valence-corrected chi connectivity index (χ0v) is 23.7. The molecule has 4 aromatic rings. The lowest BCUT2D eigenvalue weighted by Crippen LogP contribution is -2.38. The van der Waals surface area contributed by atoms with Gasteiger partial charge in [0.15, 0.2) is 0 Å². The molecule has 0 bridgehead atoms. The van der Waals surface area contributed by atoms with Crippen LogP contribution in [0.15, 0.2) is 90.0 Å². The van der Waals surface area contributed by atoms with Gasteiger partial charge in [-0.3, -0.25) is 19.9 Å². The van der Waals surface area contributed by atoms with E-state index in [9.17, 15) is 9.59 Å². The molecule has 2 saturated heterocycles. The van der Waals surface area contributed by atoms with Gasteiger partial charge in [0.2, 0.25) is 5.95 Å². The number of anilines is 1. The van der Waals surface area contributed by atoms with Gasteiger partial charge in [-0.15, -0.1) is 0 Å². The van der Waals surface area contributed by atoms with E-state index >= 15 is 0 Å². The van der Waals surface area contributed by atoms with Gasteiger partial charge in [-0.05, 0) is 97.7 Å². The molecule has 0 atom stereocenters. The largest absolute Gasteiger partial charge is 0.457 e. The second kappa shape index (κ2) is 13.0. The van der Waals surface area contributed by atoms with E-state index < -0.39 is 0 Å². The van der Waals surface area contributed by atoms with Crippen LogP contribution in [-0.2, 0) is 11.3 Å². The number of hydrogen-bond acceptors (Lipinski definition) is 9. The predicted octanol–water partition coefficient (Wildman–Crippen LogP) is 5.66. The van der Waals surface area contributed by atoms with Crippen molar-refractivity contribution in [1.29, 1.82) is 0 Å². The molecule has 2 aliphatic heterocycles. The van der Waals surface area contributed by atoms with Crippen LogP contribution in [0.4, 0.5) is 10.7 Å². The monoisotopic (exact) mass is 578 g/mol. The average Bonchev–Trinajstić information content (AvgIpc) is 3.34. The first-order valence-corrected chi connectivity index (χ1v) is 14.7. The molecule has 4 heterocycles. The standard InChI is InChI=1S/C32H30N6O3S/c39-30-29(42-32(40)37-30)19-24-13-16-34-31(36-24)38-17-14-22(15-18-38)20-33-21-25-5-4-8-28(35-25)23-9-11-27(12-10-23)41-26-6-2-1-3-7-26/h1-13,16,19,22,33H,14-15,17-18,20-21H2,(H,37,39,40). The molecule has 0 radical (unpaired) electrons. The van der Waals surface area contributed by atoms with Crippen molar-refractivity contribution in [2.75, 3.05) is 24.5 Å². The summed E-state index contributed by atoms with van der Waals surface area (Å²) < 4.78 is 5.90. The van der Waals surface area contributed by atoms with Gasteiger partial charge in [0.05, 0.1) is 22.0 Å². The number of nitrogens with zero attached hydrogens (tertiary/aromatic N) is 4. The van der Waals surface area contributed by atoms with E-state index in [1.54, 1.807) is 18.3 Å². The number of hydrogen-bond donors (Lipinski definition) is 2. The summed E-state index contributed by atoms with van der Waals surface area (Å²) in [6.07, 6.45) is 5.37. The fourth-order valence-electron chi connectivity index (χ4n) is 4.95. The number of carbonyl (C=O) groups is 2. The van der Waals surface area contributed by atoms with Gasteiger partial charge in [-0.1, -0.05) is 24.3 Å².